The van der Waals surface area contributed by atoms with Gasteiger partial charge in [0.25, 0.3) is 0 Å². The molecule has 11 heteroatoms. The first kappa shape index (κ1) is 25.5. The second-order valence-electron chi connectivity index (χ2n) is 10.7. The number of phenolic OH excluding ortho intramolecular Hbond substituents is 1. The maximum Gasteiger partial charge on any atom is 0.303 e. The van der Waals surface area contributed by atoms with Crippen molar-refractivity contribution in [1.29, 1.82) is 0 Å². The van der Waals surface area contributed by atoms with Crippen molar-refractivity contribution < 1.29 is 9.90 Å². The number of anilines is 2. The highest BCUT2D eigenvalue weighted by molar-refractivity contribution is 6.54. The molecule has 38 heavy (non-hydrogen) atoms. The summed E-state index contributed by atoms with van der Waals surface area (Å²) in [6, 6.07) is 11.3. The molecule has 11 nitrogen and oxygen atoms in total. The molecule has 0 saturated heterocycles. The van der Waals surface area contributed by atoms with Gasteiger partial charge in [-0.05, 0) is 98.2 Å². The summed E-state index contributed by atoms with van der Waals surface area (Å²) in [5.74, 6) is 1.22. The number of hydrogen-bond donors (Lipinski definition) is 4. The number of nitrogens with zero attached hydrogens (tertiary/aromatic N) is 6. The van der Waals surface area contributed by atoms with Crippen LogP contribution in [0.5, 0.6) is 5.75 Å². The largest absolute Gasteiger partial charge is 0.505 e. The Morgan fingerprint density at radius 3 is 2.66 bits per heavy atom. The Morgan fingerprint density at radius 1 is 1.16 bits per heavy atom. The molecule has 5 N–H and O–H groups in total. The number of carbonyl (C=O) groups excluding carboxylic acids is 1. The molecule has 1 fully saturated rings. The van der Waals surface area contributed by atoms with Crippen molar-refractivity contribution >= 4 is 29.0 Å². The molecule has 1 aromatic heterocycles. The molecule has 1 amide bonds. The van der Waals surface area contributed by atoms with E-state index < -0.39 is 5.54 Å². The average molecular weight is 516 g/mol. The first-order chi connectivity index (χ1) is 18.1. The minimum atomic E-state index is -0.885. The molecule has 0 spiro atoms. The lowest BCUT2D eigenvalue weighted by Crippen LogP contribution is -2.51. The lowest BCUT2D eigenvalue weighted by atomic mass is 9.77. The van der Waals surface area contributed by atoms with Gasteiger partial charge in [-0.15, -0.1) is 10.2 Å². The Kier molecular flexibility index (Phi) is 6.70. The number of aryl methyl sites for hydroxylation is 2. The van der Waals surface area contributed by atoms with Crippen molar-refractivity contribution in [2.24, 2.45) is 15.8 Å². The number of amides is 1. The second kappa shape index (κ2) is 9.97. The molecule has 2 aliphatic rings. The number of aromatic amines is 1. The SMILES string of the molecule is Cc1ccc(N2C(=O)/C(=N\Nc3cccc(C4CCCC(c5nnn[nH]5)C4)c3O)N=C2C(C)(C)N)cc1C. The summed E-state index contributed by atoms with van der Waals surface area (Å²) < 4.78 is 0. The standard InChI is InChI=1S/C27H33N9O2/c1-15-11-12-19(13-16(15)2)36-25(38)24(29-26(36)27(3,4)28)31-30-21-10-6-9-20(22(21)37)17-7-5-8-18(14-17)23-32-34-35-33-23/h6,9-13,17-18,30,37H,5,7-8,14,28H2,1-4H3,(H,32,33,34,35)/b31-24+. The number of nitrogens with one attached hydrogen (secondary N) is 2. The van der Waals surface area contributed by atoms with Crippen molar-refractivity contribution in [1.82, 2.24) is 20.6 Å². The van der Waals surface area contributed by atoms with Crippen molar-refractivity contribution in [2.45, 2.75) is 70.8 Å². The number of phenols is 1. The number of carbonyl (C=O) groups is 1. The topological polar surface area (TPSA) is 158 Å². The summed E-state index contributed by atoms with van der Waals surface area (Å²) in [5.41, 5.74) is 12.5. The summed E-state index contributed by atoms with van der Waals surface area (Å²) in [6.45, 7) is 7.60. The fourth-order valence-corrected chi connectivity index (χ4v) is 5.16. The van der Waals surface area contributed by atoms with Gasteiger partial charge >= 0.3 is 5.91 Å². The van der Waals surface area contributed by atoms with Crippen LogP contribution in [0.15, 0.2) is 46.5 Å². The molecule has 1 saturated carbocycles. The molecule has 0 bridgehead atoms. The Labute approximate surface area is 221 Å². The Balaban J connectivity index is 1.40. The molecule has 1 aliphatic carbocycles. The van der Waals surface area contributed by atoms with Gasteiger partial charge in [-0.25, -0.2) is 10.1 Å². The number of para-hydroxylation sites is 1. The van der Waals surface area contributed by atoms with E-state index in [1.807, 2.05) is 44.2 Å². The van der Waals surface area contributed by atoms with E-state index in [-0.39, 0.29) is 29.3 Å². The van der Waals surface area contributed by atoms with Crippen LogP contribution in [-0.2, 0) is 4.79 Å². The molecule has 0 radical (unpaired) electrons. The van der Waals surface area contributed by atoms with E-state index in [9.17, 15) is 9.90 Å². The van der Waals surface area contributed by atoms with E-state index in [1.165, 1.54) is 4.90 Å². The van der Waals surface area contributed by atoms with Gasteiger partial charge in [-0.1, -0.05) is 24.6 Å². The highest BCUT2D eigenvalue weighted by Crippen LogP contribution is 2.44. The molecular weight excluding hydrogens is 482 g/mol. The number of hydrazone groups is 1. The zero-order valence-electron chi connectivity index (χ0n) is 22.1. The Morgan fingerprint density at radius 2 is 1.95 bits per heavy atom. The monoisotopic (exact) mass is 515 g/mol. The van der Waals surface area contributed by atoms with Gasteiger partial charge in [0.05, 0.1) is 16.9 Å². The molecule has 2 unspecified atom stereocenters. The van der Waals surface area contributed by atoms with E-state index in [4.69, 9.17) is 5.73 Å². The Hall–Kier alpha value is -4.12. The van der Waals surface area contributed by atoms with Gasteiger partial charge < -0.3 is 10.8 Å². The van der Waals surface area contributed by atoms with E-state index in [2.05, 4.69) is 36.1 Å². The normalized spacial score (nSPS) is 21.2. The lowest BCUT2D eigenvalue weighted by molar-refractivity contribution is -0.111. The van der Waals surface area contributed by atoms with Crippen molar-refractivity contribution in [3.63, 3.8) is 0 Å². The predicted molar refractivity (Wildman–Crippen MR) is 146 cm³/mol. The van der Waals surface area contributed by atoms with E-state index >= 15 is 0 Å². The third-order valence-electron chi connectivity index (χ3n) is 7.35. The number of amidine groups is 2. The van der Waals surface area contributed by atoms with Crippen LogP contribution in [0.1, 0.15) is 73.9 Å². The van der Waals surface area contributed by atoms with Crippen molar-refractivity contribution in [3.8, 4) is 5.75 Å². The first-order valence-electron chi connectivity index (χ1n) is 12.8. The zero-order valence-corrected chi connectivity index (χ0v) is 22.1. The number of hydrogen-bond acceptors (Lipinski definition) is 8. The van der Waals surface area contributed by atoms with Crippen LogP contribution in [0.3, 0.4) is 0 Å². The van der Waals surface area contributed by atoms with Crippen molar-refractivity contribution in [2.75, 3.05) is 10.3 Å². The summed E-state index contributed by atoms with van der Waals surface area (Å²) in [4.78, 5) is 19.4. The predicted octanol–water partition coefficient (Wildman–Crippen LogP) is 3.87. The molecule has 3 aromatic rings. The number of benzene rings is 2. The van der Waals surface area contributed by atoms with E-state index in [0.29, 0.717) is 17.2 Å². The second-order valence-corrected chi connectivity index (χ2v) is 10.7. The van der Waals surface area contributed by atoms with Crippen LogP contribution in [0, 0.1) is 13.8 Å². The van der Waals surface area contributed by atoms with Gasteiger partial charge in [0.1, 0.15) is 11.6 Å². The minimum absolute atomic E-state index is 0.0305. The number of nitrogens with two attached hydrogens (primary N) is 1. The van der Waals surface area contributed by atoms with Gasteiger partial charge in [-0.3, -0.25) is 15.1 Å². The third-order valence-corrected chi connectivity index (χ3v) is 7.35. The summed E-state index contributed by atoms with van der Waals surface area (Å²) in [5, 5.41) is 29.8. The van der Waals surface area contributed by atoms with Crippen molar-refractivity contribution in [3.05, 3.63) is 58.9 Å². The number of aliphatic imine (C=N–C) groups is 1. The Bertz CT molecular complexity index is 1410. The quantitative estimate of drug-likeness (QED) is 0.286. The molecule has 2 atom stereocenters. The third kappa shape index (κ3) is 4.89. The minimum Gasteiger partial charge on any atom is -0.505 e. The van der Waals surface area contributed by atoms with Crippen LogP contribution < -0.4 is 16.1 Å². The highest BCUT2D eigenvalue weighted by Gasteiger charge is 2.39. The van der Waals surface area contributed by atoms with Gasteiger partial charge in [-0.2, -0.15) is 0 Å². The maximum atomic E-state index is 13.4. The number of tetrazole rings is 1. The molecule has 5 rings (SSSR count). The van der Waals surface area contributed by atoms with Crippen LogP contribution in [0.25, 0.3) is 0 Å². The number of H-pyrrole nitrogens is 1. The molecule has 1 aliphatic heterocycles. The summed E-state index contributed by atoms with van der Waals surface area (Å²) in [6.07, 6.45) is 3.78. The van der Waals surface area contributed by atoms with Crippen LogP contribution in [0.4, 0.5) is 11.4 Å². The molecule has 2 heterocycles. The summed E-state index contributed by atoms with van der Waals surface area (Å²) in [7, 11) is 0. The fourth-order valence-electron chi connectivity index (χ4n) is 5.16. The first-order valence-corrected chi connectivity index (χ1v) is 12.8. The van der Waals surface area contributed by atoms with Crippen LogP contribution in [0.2, 0.25) is 0 Å². The van der Waals surface area contributed by atoms with Gasteiger partial charge in [0, 0.05) is 5.92 Å². The molecular formula is C27H33N9O2. The van der Waals surface area contributed by atoms with E-state index in [1.54, 1.807) is 19.9 Å². The highest BCUT2D eigenvalue weighted by atomic mass is 16.3. The van der Waals surface area contributed by atoms with Gasteiger partial charge in [0.2, 0.25) is 5.84 Å². The summed E-state index contributed by atoms with van der Waals surface area (Å²) >= 11 is 0. The fraction of sp³-hybridized carbons (Fsp3) is 0.407. The average Bonchev–Trinajstić information content (AvgIpc) is 3.54. The van der Waals surface area contributed by atoms with Crippen LogP contribution >= 0.6 is 0 Å². The van der Waals surface area contributed by atoms with E-state index in [0.717, 1.165) is 48.2 Å². The molecule has 198 valence electrons. The smallest absolute Gasteiger partial charge is 0.303 e. The number of aromatic nitrogens is 4. The van der Waals surface area contributed by atoms with Crippen LogP contribution in [-0.4, -0.2) is 48.8 Å². The number of rotatable bonds is 6. The number of aromatic hydroxyl groups is 1. The molecule has 2 aromatic carbocycles. The van der Waals surface area contributed by atoms with Gasteiger partial charge in [0.15, 0.2) is 5.82 Å². The lowest BCUT2D eigenvalue weighted by Gasteiger charge is -2.28. The maximum absolute atomic E-state index is 13.4. The zero-order chi connectivity index (χ0) is 27.0.